The molecule has 1 aromatic rings. The number of methoxy groups -OCH3 is 1. The molecule has 0 aliphatic carbocycles. The quantitative estimate of drug-likeness (QED) is 0.872. The summed E-state index contributed by atoms with van der Waals surface area (Å²) in [7, 11) is 1.72. The molecule has 4 heteroatoms. The predicted molar refractivity (Wildman–Crippen MR) is 63.3 cm³/mol. The summed E-state index contributed by atoms with van der Waals surface area (Å²) >= 11 is 0. The van der Waals surface area contributed by atoms with E-state index < -0.39 is 5.82 Å². The van der Waals surface area contributed by atoms with Crippen LogP contribution in [0.1, 0.15) is 12.0 Å². The number of halogens is 1. The summed E-state index contributed by atoms with van der Waals surface area (Å²) in [6.45, 7) is 3.55. The highest BCUT2D eigenvalue weighted by molar-refractivity contribution is 5.28. The van der Waals surface area contributed by atoms with Crippen LogP contribution in [0.25, 0.3) is 0 Å². The van der Waals surface area contributed by atoms with E-state index in [1.54, 1.807) is 13.2 Å². The van der Waals surface area contributed by atoms with E-state index in [2.05, 4.69) is 4.90 Å². The molecule has 1 atom stereocenters. The van der Waals surface area contributed by atoms with Crippen LogP contribution in [0.15, 0.2) is 18.2 Å². The number of phenols is 1. The molecule has 1 aliphatic rings. The number of hydrogen-bond acceptors (Lipinski definition) is 3. The molecule has 1 N–H and O–H groups in total. The van der Waals surface area contributed by atoms with E-state index in [-0.39, 0.29) is 5.75 Å². The Morgan fingerprint density at radius 2 is 2.35 bits per heavy atom. The molecule has 3 nitrogen and oxygen atoms in total. The van der Waals surface area contributed by atoms with E-state index in [1.807, 2.05) is 0 Å². The van der Waals surface area contributed by atoms with Crippen molar-refractivity contribution in [3.8, 4) is 5.75 Å². The van der Waals surface area contributed by atoms with Gasteiger partial charge in [0.1, 0.15) is 0 Å². The lowest BCUT2D eigenvalue weighted by molar-refractivity contribution is 0.152. The van der Waals surface area contributed by atoms with Gasteiger partial charge in [0.2, 0.25) is 0 Å². The second kappa shape index (κ2) is 5.47. The highest BCUT2D eigenvalue weighted by Crippen LogP contribution is 2.21. The van der Waals surface area contributed by atoms with Crippen LogP contribution in [0.2, 0.25) is 0 Å². The fourth-order valence-corrected chi connectivity index (χ4v) is 2.34. The fourth-order valence-electron chi connectivity index (χ4n) is 2.34. The molecule has 17 heavy (non-hydrogen) atoms. The smallest absolute Gasteiger partial charge is 0.165 e. The van der Waals surface area contributed by atoms with Crippen molar-refractivity contribution in [1.29, 1.82) is 0 Å². The Hall–Kier alpha value is -1.13. The number of ether oxygens (including phenoxy) is 1. The van der Waals surface area contributed by atoms with Crippen molar-refractivity contribution < 1.29 is 14.2 Å². The van der Waals surface area contributed by atoms with Crippen molar-refractivity contribution in [2.45, 2.75) is 13.0 Å². The minimum atomic E-state index is -0.546. The monoisotopic (exact) mass is 239 g/mol. The Balaban J connectivity index is 1.91. The summed E-state index contributed by atoms with van der Waals surface area (Å²) in [5.41, 5.74) is 0.901. The van der Waals surface area contributed by atoms with E-state index in [1.165, 1.54) is 12.1 Å². The molecule has 0 aromatic heterocycles. The Morgan fingerprint density at radius 3 is 3.06 bits per heavy atom. The molecular weight excluding hydrogens is 221 g/mol. The molecule has 0 amide bonds. The van der Waals surface area contributed by atoms with Crippen molar-refractivity contribution in [3.63, 3.8) is 0 Å². The molecule has 0 spiro atoms. The number of rotatable bonds is 4. The Morgan fingerprint density at radius 1 is 1.53 bits per heavy atom. The van der Waals surface area contributed by atoms with Crippen molar-refractivity contribution in [1.82, 2.24) is 4.90 Å². The summed E-state index contributed by atoms with van der Waals surface area (Å²) in [4.78, 5) is 2.29. The molecule has 0 saturated carbocycles. The predicted octanol–water partition coefficient (Wildman–Crippen LogP) is 2.00. The fraction of sp³-hybridized carbons (Fsp3) is 0.538. The average molecular weight is 239 g/mol. The second-order valence-electron chi connectivity index (χ2n) is 4.63. The molecule has 0 radical (unpaired) electrons. The molecule has 1 aliphatic heterocycles. The lowest BCUT2D eigenvalue weighted by atomic mass is 10.1. The van der Waals surface area contributed by atoms with E-state index in [0.29, 0.717) is 5.92 Å². The summed E-state index contributed by atoms with van der Waals surface area (Å²) in [6.07, 6.45) is 1.13. The van der Waals surface area contributed by atoms with Crippen LogP contribution in [0.4, 0.5) is 4.39 Å². The topological polar surface area (TPSA) is 32.7 Å². The van der Waals surface area contributed by atoms with Gasteiger partial charge in [-0.1, -0.05) is 6.07 Å². The largest absolute Gasteiger partial charge is 0.505 e. The maximum absolute atomic E-state index is 13.2. The van der Waals surface area contributed by atoms with E-state index in [0.717, 1.165) is 38.2 Å². The number of hydrogen-bond donors (Lipinski definition) is 1. The lowest BCUT2D eigenvalue weighted by Gasteiger charge is -2.16. The van der Waals surface area contributed by atoms with Gasteiger partial charge >= 0.3 is 0 Å². The number of aromatic hydroxyl groups is 1. The van der Waals surface area contributed by atoms with Crippen LogP contribution >= 0.6 is 0 Å². The van der Waals surface area contributed by atoms with Crippen LogP contribution in [0.5, 0.6) is 5.75 Å². The maximum Gasteiger partial charge on any atom is 0.165 e. The van der Waals surface area contributed by atoms with Crippen LogP contribution in [-0.2, 0) is 11.3 Å². The van der Waals surface area contributed by atoms with Crippen molar-refractivity contribution in [3.05, 3.63) is 29.6 Å². The van der Waals surface area contributed by atoms with Crippen LogP contribution in [0.3, 0.4) is 0 Å². The van der Waals surface area contributed by atoms with E-state index in [9.17, 15) is 4.39 Å². The molecule has 0 bridgehead atoms. The van der Waals surface area contributed by atoms with Crippen LogP contribution in [-0.4, -0.2) is 36.8 Å². The molecule has 1 fully saturated rings. The first-order chi connectivity index (χ1) is 8.19. The standard InChI is InChI=1S/C13H18FNO2/c1-17-9-11-4-5-15(8-11)7-10-2-3-13(16)12(14)6-10/h2-3,6,11,16H,4-5,7-9H2,1H3. The number of benzene rings is 1. The van der Waals surface area contributed by atoms with Crippen molar-refractivity contribution in [2.24, 2.45) is 5.92 Å². The third-order valence-corrected chi connectivity index (χ3v) is 3.19. The normalized spacial score (nSPS) is 20.9. The number of nitrogens with zero attached hydrogens (tertiary/aromatic N) is 1. The zero-order valence-electron chi connectivity index (χ0n) is 10.0. The summed E-state index contributed by atoms with van der Waals surface area (Å²) in [5, 5.41) is 9.11. The first-order valence-electron chi connectivity index (χ1n) is 5.87. The van der Waals surface area contributed by atoms with Crippen molar-refractivity contribution >= 4 is 0 Å². The van der Waals surface area contributed by atoms with Crippen LogP contribution < -0.4 is 0 Å². The van der Waals surface area contributed by atoms with Gasteiger partial charge in [-0.15, -0.1) is 0 Å². The Bertz CT molecular complexity index is 384. The van der Waals surface area contributed by atoms with Gasteiger partial charge in [0.25, 0.3) is 0 Å². The molecule has 1 heterocycles. The maximum atomic E-state index is 13.2. The summed E-state index contributed by atoms with van der Waals surface area (Å²) in [5.74, 6) is -0.246. The highest BCUT2D eigenvalue weighted by atomic mass is 19.1. The van der Waals surface area contributed by atoms with Gasteiger partial charge < -0.3 is 9.84 Å². The number of likely N-dealkylation sites (tertiary alicyclic amines) is 1. The average Bonchev–Trinajstić information content (AvgIpc) is 2.72. The third kappa shape index (κ3) is 3.17. The zero-order chi connectivity index (χ0) is 12.3. The van der Waals surface area contributed by atoms with Gasteiger partial charge in [-0.25, -0.2) is 4.39 Å². The minimum Gasteiger partial charge on any atom is -0.505 e. The molecular formula is C13H18FNO2. The lowest BCUT2D eigenvalue weighted by Crippen LogP contribution is -2.21. The number of phenolic OH excluding ortho intramolecular Hbond substituents is 1. The van der Waals surface area contributed by atoms with Gasteiger partial charge in [0, 0.05) is 20.2 Å². The highest BCUT2D eigenvalue weighted by Gasteiger charge is 2.22. The summed E-state index contributed by atoms with van der Waals surface area (Å²) < 4.78 is 18.3. The van der Waals surface area contributed by atoms with Gasteiger partial charge in [0.15, 0.2) is 11.6 Å². The van der Waals surface area contributed by atoms with Gasteiger partial charge in [-0.3, -0.25) is 4.90 Å². The van der Waals surface area contributed by atoms with Crippen LogP contribution in [0, 0.1) is 11.7 Å². The van der Waals surface area contributed by atoms with Gasteiger partial charge in [-0.2, -0.15) is 0 Å². The molecule has 1 saturated heterocycles. The Kier molecular flexibility index (Phi) is 3.97. The van der Waals surface area contributed by atoms with Gasteiger partial charge in [0.05, 0.1) is 6.61 Å². The van der Waals surface area contributed by atoms with Gasteiger partial charge in [-0.05, 0) is 36.6 Å². The zero-order valence-corrected chi connectivity index (χ0v) is 10.0. The Labute approximate surface area is 101 Å². The van der Waals surface area contributed by atoms with Crippen molar-refractivity contribution in [2.75, 3.05) is 26.8 Å². The SMILES string of the molecule is COCC1CCN(Cc2ccc(O)c(F)c2)C1. The third-order valence-electron chi connectivity index (χ3n) is 3.19. The molecule has 1 unspecified atom stereocenters. The minimum absolute atomic E-state index is 0.285. The molecule has 94 valence electrons. The summed E-state index contributed by atoms with van der Waals surface area (Å²) in [6, 6.07) is 4.58. The first kappa shape index (κ1) is 12.3. The van der Waals surface area contributed by atoms with E-state index in [4.69, 9.17) is 9.84 Å². The first-order valence-corrected chi connectivity index (χ1v) is 5.87. The molecule has 1 aromatic carbocycles. The second-order valence-corrected chi connectivity index (χ2v) is 4.63. The van der Waals surface area contributed by atoms with E-state index >= 15 is 0 Å². The molecule has 2 rings (SSSR count).